The number of nitrogens with two attached hydrogens (primary N) is 1. The average Bonchev–Trinajstić information content (AvgIpc) is 2.78. The molecule has 0 fully saturated rings. The number of ether oxygens (including phenoxy) is 1. The molecule has 4 N–H and O–H groups in total. The van der Waals surface area contributed by atoms with E-state index < -0.39 is 18.6 Å². The van der Waals surface area contributed by atoms with Crippen LogP contribution in [-0.2, 0) is 4.74 Å². The Kier molecular flexibility index (Phi) is 10.0. The molecular weight excluding hydrogens is 414 g/mol. The Morgan fingerprint density at radius 2 is 1.72 bits per heavy atom. The van der Waals surface area contributed by atoms with Crippen molar-refractivity contribution in [3.63, 3.8) is 0 Å². The number of pyridine rings is 1. The van der Waals surface area contributed by atoms with E-state index in [1.165, 1.54) is 57.2 Å². The number of benzene rings is 1. The summed E-state index contributed by atoms with van der Waals surface area (Å²) in [6.07, 6.45) is 5.57. The third-order valence-electron chi connectivity index (χ3n) is 5.16. The number of amides is 1. The quantitative estimate of drug-likeness (QED) is 0.226. The van der Waals surface area contributed by atoms with Crippen LogP contribution in [0.15, 0.2) is 36.5 Å². The van der Waals surface area contributed by atoms with Crippen LogP contribution < -0.4 is 11.1 Å². The number of unbranched alkanes of at least 4 members (excludes halogenated alkanes) is 6. The maximum absolute atomic E-state index is 13.3. The zero-order valence-electron chi connectivity index (χ0n) is 18.7. The molecule has 1 aliphatic heterocycles. The van der Waals surface area contributed by atoms with Gasteiger partial charge in [-0.25, -0.2) is 18.6 Å². The molecule has 2 heterocycles. The number of hydrogen-bond acceptors (Lipinski definition) is 5. The molecule has 0 bridgehead atoms. The Morgan fingerprint density at radius 3 is 2.31 bits per heavy atom. The molecule has 174 valence electrons. The van der Waals surface area contributed by atoms with Crippen LogP contribution >= 0.6 is 0 Å². The van der Waals surface area contributed by atoms with Crippen molar-refractivity contribution in [2.45, 2.75) is 71.3 Å². The highest BCUT2D eigenvalue weighted by Crippen LogP contribution is 2.37. The molecule has 0 aliphatic carbocycles. The molecular formula is C24H32F2N4O2. The fourth-order valence-corrected chi connectivity index (χ4v) is 3.46. The maximum atomic E-state index is 13.3. The Labute approximate surface area is 188 Å². The molecule has 1 aromatic heterocycles. The van der Waals surface area contributed by atoms with Gasteiger partial charge in [0.25, 0.3) is 6.43 Å². The summed E-state index contributed by atoms with van der Waals surface area (Å²) in [5.74, 6) is -0.0386. The van der Waals surface area contributed by atoms with Gasteiger partial charge in [-0.05, 0) is 12.1 Å². The van der Waals surface area contributed by atoms with Gasteiger partial charge in [-0.15, -0.1) is 0 Å². The van der Waals surface area contributed by atoms with Crippen LogP contribution in [0.3, 0.4) is 0 Å². The van der Waals surface area contributed by atoms with E-state index in [0.29, 0.717) is 11.3 Å². The van der Waals surface area contributed by atoms with E-state index in [2.05, 4.69) is 28.9 Å². The highest BCUT2D eigenvalue weighted by Gasteiger charge is 2.37. The van der Waals surface area contributed by atoms with Crippen molar-refractivity contribution in [2.24, 2.45) is 0 Å². The summed E-state index contributed by atoms with van der Waals surface area (Å²) in [4.78, 5) is 15.3. The van der Waals surface area contributed by atoms with Gasteiger partial charge in [0.1, 0.15) is 5.82 Å². The van der Waals surface area contributed by atoms with Crippen LogP contribution in [0, 0.1) is 5.41 Å². The number of nitrogen functional groups attached to an aromatic ring is 1. The van der Waals surface area contributed by atoms with Gasteiger partial charge in [-0.3, -0.25) is 10.7 Å². The Bertz CT molecular complexity index is 899. The highest BCUT2D eigenvalue weighted by molar-refractivity contribution is 6.15. The number of rotatable bonds is 9. The van der Waals surface area contributed by atoms with Gasteiger partial charge in [0.05, 0.1) is 11.3 Å². The minimum Gasteiger partial charge on any atom is -0.435 e. The minimum atomic E-state index is -2.94. The van der Waals surface area contributed by atoms with Gasteiger partial charge in [0, 0.05) is 23.0 Å². The highest BCUT2D eigenvalue weighted by atomic mass is 19.3. The zero-order valence-corrected chi connectivity index (χ0v) is 18.7. The molecule has 1 aromatic carbocycles. The number of nitrogens with zero attached hydrogens (tertiary/aromatic N) is 1. The van der Waals surface area contributed by atoms with Crippen molar-refractivity contribution in [3.8, 4) is 0 Å². The fraction of sp³-hybridized carbons (Fsp3) is 0.458. The Morgan fingerprint density at radius 1 is 1.09 bits per heavy atom. The zero-order chi connectivity index (χ0) is 23.5. The van der Waals surface area contributed by atoms with Crippen LogP contribution in [0.5, 0.6) is 0 Å². The van der Waals surface area contributed by atoms with Crippen LogP contribution in [-0.4, -0.2) is 23.2 Å². The molecule has 1 unspecified atom stereocenters. The second-order valence-corrected chi connectivity index (χ2v) is 7.64. The minimum absolute atomic E-state index is 0.0321. The number of anilines is 2. The van der Waals surface area contributed by atoms with Crippen LogP contribution in [0.25, 0.3) is 0 Å². The normalized spacial score (nSPS) is 14.7. The number of alkyl halides is 2. The summed E-state index contributed by atoms with van der Waals surface area (Å²) in [5, 5.41) is 10.6. The topological polar surface area (TPSA) is 101 Å². The van der Waals surface area contributed by atoms with E-state index in [9.17, 15) is 13.6 Å². The molecule has 1 atom stereocenters. The lowest BCUT2D eigenvalue weighted by Crippen LogP contribution is -2.31. The lowest BCUT2D eigenvalue weighted by molar-refractivity contribution is -0.0172. The molecule has 1 aliphatic rings. The lowest BCUT2D eigenvalue weighted by atomic mass is 9.94. The van der Waals surface area contributed by atoms with Gasteiger partial charge < -0.3 is 10.5 Å². The van der Waals surface area contributed by atoms with Gasteiger partial charge in [-0.1, -0.05) is 77.0 Å². The van der Waals surface area contributed by atoms with Crippen LogP contribution in [0.1, 0.15) is 81.6 Å². The van der Waals surface area contributed by atoms with E-state index >= 15 is 0 Å². The van der Waals surface area contributed by atoms with Crippen molar-refractivity contribution in [2.75, 3.05) is 11.1 Å². The Hall–Kier alpha value is -3.03. The summed E-state index contributed by atoms with van der Waals surface area (Å²) < 4.78 is 31.2. The first-order valence-corrected chi connectivity index (χ1v) is 11.1. The van der Waals surface area contributed by atoms with E-state index in [0.717, 1.165) is 0 Å². The summed E-state index contributed by atoms with van der Waals surface area (Å²) in [7, 11) is 0. The monoisotopic (exact) mass is 446 g/mol. The first-order chi connectivity index (χ1) is 15.4. The van der Waals surface area contributed by atoms with Crippen LogP contribution in [0.2, 0.25) is 0 Å². The van der Waals surface area contributed by atoms with E-state index in [4.69, 9.17) is 11.1 Å². The number of para-hydroxylation sites is 1. The molecule has 0 saturated carbocycles. The molecule has 0 saturated heterocycles. The molecule has 8 heteroatoms. The first kappa shape index (κ1) is 25.2. The molecule has 0 spiro atoms. The number of halogens is 2. The molecule has 32 heavy (non-hydrogen) atoms. The summed E-state index contributed by atoms with van der Waals surface area (Å²) in [5.41, 5.74) is 6.68. The van der Waals surface area contributed by atoms with Gasteiger partial charge in [0.2, 0.25) is 0 Å². The molecule has 6 nitrogen and oxygen atoms in total. The number of carbonyl (C=O) groups excluding carboxylic acids is 1. The standard InChI is InChI=1S/C15H12F2N4O2.C9H20/c16-13(17)12-10-8(5-6-20-14(10)21-15(22)23-12)11(19)7-3-1-2-4-9(7)18;1-3-5-7-9-8-6-4-2/h1-6,12-13,19H,18H2,(H,20,21,22);3-9H2,1-2H3. The Balaban J connectivity index is 0.000000344. The first-order valence-electron chi connectivity index (χ1n) is 11.1. The van der Waals surface area contributed by atoms with Gasteiger partial charge >= 0.3 is 6.09 Å². The van der Waals surface area contributed by atoms with Crippen molar-refractivity contribution in [1.82, 2.24) is 4.98 Å². The van der Waals surface area contributed by atoms with E-state index in [1.807, 2.05) is 0 Å². The van der Waals surface area contributed by atoms with Crippen molar-refractivity contribution >= 4 is 23.3 Å². The maximum Gasteiger partial charge on any atom is 0.413 e. The number of nitrogens with one attached hydrogen (secondary N) is 2. The predicted octanol–water partition coefficient (Wildman–Crippen LogP) is 6.71. The van der Waals surface area contributed by atoms with Crippen molar-refractivity contribution in [3.05, 3.63) is 53.2 Å². The summed E-state index contributed by atoms with van der Waals surface area (Å²) in [6.45, 7) is 4.53. The number of fused-ring (bicyclic) bond motifs is 1. The SMILES string of the molecule is CCCCCCCCC.N=C(c1ccccc1N)c1ccnc2c1C(C(F)F)OC(=O)N2. The van der Waals surface area contributed by atoms with E-state index in [-0.39, 0.29) is 22.7 Å². The number of carbonyl (C=O) groups is 1. The number of cyclic esters (lactones) is 1. The largest absolute Gasteiger partial charge is 0.435 e. The molecule has 1 amide bonds. The third kappa shape index (κ3) is 6.73. The summed E-state index contributed by atoms with van der Waals surface area (Å²) in [6, 6.07) is 8.05. The second kappa shape index (κ2) is 12.7. The van der Waals surface area contributed by atoms with Crippen molar-refractivity contribution in [1.29, 1.82) is 5.41 Å². The van der Waals surface area contributed by atoms with Crippen LogP contribution in [0.4, 0.5) is 25.1 Å². The predicted molar refractivity (Wildman–Crippen MR) is 124 cm³/mol. The lowest BCUT2D eigenvalue weighted by Gasteiger charge is -2.27. The average molecular weight is 447 g/mol. The molecule has 2 aromatic rings. The second-order valence-electron chi connectivity index (χ2n) is 7.64. The van der Waals surface area contributed by atoms with Crippen molar-refractivity contribution < 1.29 is 18.3 Å². The molecule has 3 rings (SSSR count). The van der Waals surface area contributed by atoms with Gasteiger partial charge in [-0.2, -0.15) is 0 Å². The smallest absolute Gasteiger partial charge is 0.413 e. The summed E-state index contributed by atoms with van der Waals surface area (Å²) >= 11 is 0. The third-order valence-corrected chi connectivity index (χ3v) is 5.16. The molecule has 0 radical (unpaired) electrons. The van der Waals surface area contributed by atoms with E-state index in [1.54, 1.807) is 24.3 Å². The fourth-order valence-electron chi connectivity index (χ4n) is 3.46. The van der Waals surface area contributed by atoms with Gasteiger partial charge in [0.15, 0.2) is 6.10 Å². The number of hydrogen-bond donors (Lipinski definition) is 3. The number of aromatic nitrogens is 1.